The van der Waals surface area contributed by atoms with Crippen LogP contribution in [0.15, 0.2) is 42.6 Å². The molecule has 24 heavy (non-hydrogen) atoms. The molecule has 1 aliphatic rings. The van der Waals surface area contributed by atoms with Crippen molar-refractivity contribution in [1.29, 1.82) is 0 Å². The number of amides is 1. The molecule has 6 heteroatoms. The summed E-state index contributed by atoms with van der Waals surface area (Å²) in [4.78, 5) is 25.5. The number of carboxylic acid groups (broad SMARTS) is 1. The Bertz CT molecular complexity index is 711. The van der Waals surface area contributed by atoms with Gasteiger partial charge in [-0.1, -0.05) is 18.2 Å². The fourth-order valence-corrected chi connectivity index (χ4v) is 3.21. The Balaban J connectivity index is 1.73. The fourth-order valence-electron chi connectivity index (χ4n) is 3.21. The van der Waals surface area contributed by atoms with Gasteiger partial charge in [0, 0.05) is 19.5 Å². The Hall–Kier alpha value is -2.63. The van der Waals surface area contributed by atoms with E-state index in [-0.39, 0.29) is 18.2 Å². The molecule has 6 nitrogen and oxygen atoms in total. The maximum absolute atomic E-state index is 12.9. The van der Waals surface area contributed by atoms with Crippen LogP contribution in [0.2, 0.25) is 0 Å². The van der Waals surface area contributed by atoms with E-state index in [1.54, 1.807) is 16.9 Å². The number of benzene rings is 1. The number of aromatic nitrogens is 2. The van der Waals surface area contributed by atoms with Crippen molar-refractivity contribution in [1.82, 2.24) is 14.7 Å². The number of carbonyl (C=O) groups is 2. The maximum Gasteiger partial charge on any atom is 0.303 e. The first-order chi connectivity index (χ1) is 11.6. The van der Waals surface area contributed by atoms with E-state index in [9.17, 15) is 9.59 Å². The highest BCUT2D eigenvalue weighted by molar-refractivity contribution is 5.93. The fraction of sp³-hybridized carbons (Fsp3) is 0.389. The van der Waals surface area contributed by atoms with Gasteiger partial charge < -0.3 is 10.0 Å². The van der Waals surface area contributed by atoms with Crippen LogP contribution in [-0.4, -0.2) is 44.8 Å². The van der Waals surface area contributed by atoms with Gasteiger partial charge in [0.2, 0.25) is 0 Å². The first-order valence-electron chi connectivity index (χ1n) is 8.25. The average Bonchev–Trinajstić information content (AvgIpc) is 3.10. The molecule has 0 aliphatic carbocycles. The lowest BCUT2D eigenvalue weighted by molar-refractivity contribution is -0.137. The van der Waals surface area contributed by atoms with Crippen molar-refractivity contribution >= 4 is 11.9 Å². The predicted octanol–water partition coefficient (Wildman–Crippen LogP) is 2.59. The topological polar surface area (TPSA) is 75.4 Å². The van der Waals surface area contributed by atoms with Gasteiger partial charge in [0.1, 0.15) is 5.69 Å². The van der Waals surface area contributed by atoms with Crippen LogP contribution in [0.25, 0.3) is 5.69 Å². The van der Waals surface area contributed by atoms with Crippen molar-refractivity contribution < 1.29 is 14.7 Å². The first kappa shape index (κ1) is 16.2. The van der Waals surface area contributed by atoms with Crippen molar-refractivity contribution in [3.63, 3.8) is 0 Å². The summed E-state index contributed by atoms with van der Waals surface area (Å²) in [6.07, 6.45) is 4.31. The Kier molecular flexibility index (Phi) is 4.93. The van der Waals surface area contributed by atoms with Gasteiger partial charge in [0.05, 0.1) is 11.9 Å². The molecule has 3 rings (SSSR count). The molecule has 1 aromatic carbocycles. The number of para-hydroxylation sites is 1. The first-order valence-corrected chi connectivity index (χ1v) is 8.25. The lowest BCUT2D eigenvalue weighted by atomic mass is 9.93. The zero-order chi connectivity index (χ0) is 16.9. The van der Waals surface area contributed by atoms with E-state index in [1.165, 1.54) is 0 Å². The lowest BCUT2D eigenvalue weighted by Crippen LogP contribution is -2.40. The molecule has 1 aromatic heterocycles. The summed E-state index contributed by atoms with van der Waals surface area (Å²) in [6.45, 7) is 1.33. The Morgan fingerprint density at radius 1 is 1.21 bits per heavy atom. The second-order valence-corrected chi connectivity index (χ2v) is 6.16. The SMILES string of the molecule is O=C(O)CCC1CCCN(C(=O)c2ccnn2-c2ccccc2)C1. The number of aliphatic carboxylic acids is 1. The predicted molar refractivity (Wildman–Crippen MR) is 89.1 cm³/mol. The van der Waals surface area contributed by atoms with Gasteiger partial charge in [-0.25, -0.2) is 4.68 Å². The Morgan fingerprint density at radius 3 is 2.75 bits per heavy atom. The minimum absolute atomic E-state index is 0.0450. The van der Waals surface area contributed by atoms with Crippen LogP contribution in [0, 0.1) is 5.92 Å². The molecule has 1 aliphatic heterocycles. The number of likely N-dealkylation sites (tertiary alicyclic amines) is 1. The van der Waals surface area contributed by atoms with Crippen molar-refractivity contribution in [2.45, 2.75) is 25.7 Å². The highest BCUT2D eigenvalue weighted by Gasteiger charge is 2.26. The summed E-state index contributed by atoms with van der Waals surface area (Å²) in [5.41, 5.74) is 1.39. The van der Waals surface area contributed by atoms with Crippen LogP contribution in [0.3, 0.4) is 0 Å². The second kappa shape index (κ2) is 7.29. The van der Waals surface area contributed by atoms with E-state index < -0.39 is 5.97 Å². The Morgan fingerprint density at radius 2 is 2.00 bits per heavy atom. The number of carboxylic acids is 1. The molecule has 1 unspecified atom stereocenters. The smallest absolute Gasteiger partial charge is 0.303 e. The molecule has 1 fully saturated rings. The minimum Gasteiger partial charge on any atom is -0.481 e. The number of hydrogen-bond donors (Lipinski definition) is 1. The standard InChI is InChI=1S/C18H21N3O3/c22-17(23)9-8-14-5-4-12-20(13-14)18(24)16-10-11-19-21(16)15-6-2-1-3-7-15/h1-3,6-7,10-11,14H,4-5,8-9,12-13H2,(H,22,23). The van der Waals surface area contributed by atoms with Crippen LogP contribution >= 0.6 is 0 Å². The number of hydrogen-bond acceptors (Lipinski definition) is 3. The molecular weight excluding hydrogens is 306 g/mol. The molecule has 0 saturated carbocycles. The van der Waals surface area contributed by atoms with Gasteiger partial charge >= 0.3 is 5.97 Å². The maximum atomic E-state index is 12.9. The molecular formula is C18H21N3O3. The highest BCUT2D eigenvalue weighted by Crippen LogP contribution is 2.23. The lowest BCUT2D eigenvalue weighted by Gasteiger charge is -2.32. The zero-order valence-corrected chi connectivity index (χ0v) is 13.5. The molecule has 2 heterocycles. The van der Waals surface area contributed by atoms with E-state index in [0.29, 0.717) is 25.2 Å². The normalized spacial score (nSPS) is 17.7. The van der Waals surface area contributed by atoms with E-state index in [4.69, 9.17) is 5.11 Å². The third kappa shape index (κ3) is 3.64. The average molecular weight is 327 g/mol. The summed E-state index contributed by atoms with van der Waals surface area (Å²) >= 11 is 0. The molecule has 2 aromatic rings. The quantitative estimate of drug-likeness (QED) is 0.916. The molecule has 1 saturated heterocycles. The van der Waals surface area contributed by atoms with E-state index in [1.807, 2.05) is 35.2 Å². The summed E-state index contributed by atoms with van der Waals surface area (Å²) in [5.74, 6) is -0.566. The molecule has 126 valence electrons. The van der Waals surface area contributed by atoms with Gasteiger partial charge in [0.15, 0.2) is 0 Å². The van der Waals surface area contributed by atoms with Gasteiger partial charge in [-0.05, 0) is 43.4 Å². The molecule has 1 N–H and O–H groups in total. The second-order valence-electron chi connectivity index (χ2n) is 6.16. The van der Waals surface area contributed by atoms with Crippen LogP contribution < -0.4 is 0 Å². The molecule has 1 amide bonds. The van der Waals surface area contributed by atoms with Crippen LogP contribution in [0.1, 0.15) is 36.2 Å². The van der Waals surface area contributed by atoms with E-state index in [2.05, 4.69) is 5.10 Å². The van der Waals surface area contributed by atoms with Gasteiger partial charge in [0.25, 0.3) is 5.91 Å². The van der Waals surface area contributed by atoms with Gasteiger partial charge in [-0.2, -0.15) is 5.10 Å². The zero-order valence-electron chi connectivity index (χ0n) is 13.5. The number of carbonyl (C=O) groups excluding carboxylic acids is 1. The van der Waals surface area contributed by atoms with Crippen molar-refractivity contribution in [3.05, 3.63) is 48.3 Å². The van der Waals surface area contributed by atoms with Crippen LogP contribution in [0.5, 0.6) is 0 Å². The van der Waals surface area contributed by atoms with Crippen molar-refractivity contribution in [3.8, 4) is 5.69 Å². The van der Waals surface area contributed by atoms with Gasteiger partial charge in [-0.3, -0.25) is 9.59 Å². The molecule has 0 radical (unpaired) electrons. The highest BCUT2D eigenvalue weighted by atomic mass is 16.4. The summed E-state index contributed by atoms with van der Waals surface area (Å²) < 4.78 is 1.66. The van der Waals surface area contributed by atoms with Gasteiger partial charge in [-0.15, -0.1) is 0 Å². The molecule has 1 atom stereocenters. The third-order valence-electron chi connectivity index (χ3n) is 4.44. The molecule has 0 spiro atoms. The van der Waals surface area contributed by atoms with Crippen molar-refractivity contribution in [2.75, 3.05) is 13.1 Å². The number of nitrogens with zero attached hydrogens (tertiary/aromatic N) is 3. The Labute approximate surface area is 140 Å². The van der Waals surface area contributed by atoms with Crippen LogP contribution in [-0.2, 0) is 4.79 Å². The summed E-state index contributed by atoms with van der Waals surface area (Å²) in [7, 11) is 0. The monoisotopic (exact) mass is 327 g/mol. The summed E-state index contributed by atoms with van der Waals surface area (Å²) in [6, 6.07) is 11.3. The molecule has 0 bridgehead atoms. The van der Waals surface area contributed by atoms with Crippen LogP contribution in [0.4, 0.5) is 0 Å². The number of rotatable bonds is 5. The largest absolute Gasteiger partial charge is 0.481 e. The third-order valence-corrected chi connectivity index (χ3v) is 4.44. The van der Waals surface area contributed by atoms with Crippen molar-refractivity contribution in [2.24, 2.45) is 5.92 Å². The van der Waals surface area contributed by atoms with E-state index in [0.717, 1.165) is 18.5 Å². The van der Waals surface area contributed by atoms with E-state index >= 15 is 0 Å². The number of piperidine rings is 1. The minimum atomic E-state index is -0.777. The summed E-state index contributed by atoms with van der Waals surface area (Å²) in [5, 5.41) is 13.1.